The van der Waals surface area contributed by atoms with E-state index in [-0.39, 0.29) is 17.2 Å². The summed E-state index contributed by atoms with van der Waals surface area (Å²) in [6.07, 6.45) is 1.30. The van der Waals surface area contributed by atoms with Crippen molar-refractivity contribution in [2.45, 2.75) is 17.2 Å². The molecule has 28 heavy (non-hydrogen) atoms. The van der Waals surface area contributed by atoms with Gasteiger partial charge in [0.05, 0.1) is 12.2 Å². The van der Waals surface area contributed by atoms with Gasteiger partial charge in [0, 0.05) is 16.2 Å². The quantitative estimate of drug-likeness (QED) is 0.565. The highest BCUT2D eigenvalue weighted by Gasteiger charge is 2.20. The predicted molar refractivity (Wildman–Crippen MR) is 107 cm³/mol. The Kier molecular flexibility index (Phi) is 6.11. The molecule has 1 heterocycles. The standard InChI is InChI=1S/C20H16BrNO5S/c21-16-7-8-18(27-17-5-3-4-14(10-17)11-20(23)24)15(12-16)13-28(25,26)19-6-1-2-9-22-19/h1-10,12H,11,13H2,(H,23,24). The van der Waals surface area contributed by atoms with E-state index in [2.05, 4.69) is 20.9 Å². The molecule has 8 heteroatoms. The average molecular weight is 462 g/mol. The highest BCUT2D eigenvalue weighted by Crippen LogP contribution is 2.31. The van der Waals surface area contributed by atoms with E-state index in [0.29, 0.717) is 27.1 Å². The number of rotatable bonds is 7. The molecule has 0 aliphatic heterocycles. The SMILES string of the molecule is O=C(O)Cc1cccc(Oc2ccc(Br)cc2CS(=O)(=O)c2ccccn2)c1. The first-order chi connectivity index (χ1) is 13.3. The zero-order valence-electron chi connectivity index (χ0n) is 14.6. The fourth-order valence-corrected chi connectivity index (χ4v) is 4.29. The first-order valence-corrected chi connectivity index (χ1v) is 10.7. The van der Waals surface area contributed by atoms with Crippen LogP contribution in [0.3, 0.4) is 0 Å². The Morgan fingerprint density at radius 1 is 1.07 bits per heavy atom. The number of aliphatic carboxylic acids is 1. The Labute approximate surface area is 170 Å². The molecule has 3 rings (SSSR count). The minimum Gasteiger partial charge on any atom is -0.481 e. The number of nitrogens with zero attached hydrogens (tertiary/aromatic N) is 1. The van der Waals surface area contributed by atoms with E-state index >= 15 is 0 Å². The molecule has 0 aliphatic carbocycles. The van der Waals surface area contributed by atoms with Crippen molar-refractivity contribution in [2.24, 2.45) is 0 Å². The van der Waals surface area contributed by atoms with Crippen molar-refractivity contribution in [3.8, 4) is 11.5 Å². The van der Waals surface area contributed by atoms with Crippen LogP contribution in [0.15, 0.2) is 76.4 Å². The summed E-state index contributed by atoms with van der Waals surface area (Å²) >= 11 is 3.35. The van der Waals surface area contributed by atoms with Crippen LogP contribution in [0.4, 0.5) is 0 Å². The fourth-order valence-electron chi connectivity index (χ4n) is 2.59. The van der Waals surface area contributed by atoms with Crippen LogP contribution in [0.5, 0.6) is 11.5 Å². The molecule has 0 saturated heterocycles. The molecule has 1 aromatic heterocycles. The molecule has 0 aliphatic rings. The third-order valence-corrected chi connectivity index (χ3v) is 5.87. The number of carbonyl (C=O) groups is 1. The van der Waals surface area contributed by atoms with Gasteiger partial charge in [-0.3, -0.25) is 4.79 Å². The molecule has 6 nitrogen and oxygen atoms in total. The average Bonchev–Trinajstić information content (AvgIpc) is 2.64. The van der Waals surface area contributed by atoms with Gasteiger partial charge in [0.1, 0.15) is 11.5 Å². The Morgan fingerprint density at radius 3 is 2.61 bits per heavy atom. The molecule has 0 radical (unpaired) electrons. The highest BCUT2D eigenvalue weighted by atomic mass is 79.9. The lowest BCUT2D eigenvalue weighted by molar-refractivity contribution is -0.136. The van der Waals surface area contributed by atoms with E-state index in [4.69, 9.17) is 9.84 Å². The molecular weight excluding hydrogens is 446 g/mol. The van der Waals surface area contributed by atoms with Crippen LogP contribution in [0, 0.1) is 0 Å². The van der Waals surface area contributed by atoms with E-state index < -0.39 is 15.8 Å². The molecule has 0 amide bonds. The van der Waals surface area contributed by atoms with Crippen molar-refractivity contribution >= 4 is 31.7 Å². The van der Waals surface area contributed by atoms with Gasteiger partial charge in [-0.1, -0.05) is 34.1 Å². The van der Waals surface area contributed by atoms with Crippen molar-refractivity contribution in [2.75, 3.05) is 0 Å². The van der Waals surface area contributed by atoms with Crippen LogP contribution in [-0.2, 0) is 26.8 Å². The van der Waals surface area contributed by atoms with Crippen LogP contribution in [0.25, 0.3) is 0 Å². The number of hydrogen-bond donors (Lipinski definition) is 1. The van der Waals surface area contributed by atoms with Crippen molar-refractivity contribution in [3.05, 3.63) is 82.5 Å². The topological polar surface area (TPSA) is 93.6 Å². The first-order valence-electron chi connectivity index (χ1n) is 8.24. The summed E-state index contributed by atoms with van der Waals surface area (Å²) in [5.74, 6) is -0.427. The monoisotopic (exact) mass is 461 g/mol. The summed E-state index contributed by atoms with van der Waals surface area (Å²) in [5, 5.41) is 8.93. The summed E-state index contributed by atoms with van der Waals surface area (Å²) in [6.45, 7) is 0. The number of pyridine rings is 1. The van der Waals surface area contributed by atoms with Gasteiger partial charge in [-0.05, 0) is 48.0 Å². The molecule has 144 valence electrons. The van der Waals surface area contributed by atoms with Crippen LogP contribution in [0.2, 0.25) is 0 Å². The van der Waals surface area contributed by atoms with Crippen LogP contribution in [0.1, 0.15) is 11.1 Å². The smallest absolute Gasteiger partial charge is 0.307 e. The molecule has 1 N–H and O–H groups in total. The maximum atomic E-state index is 12.7. The second kappa shape index (κ2) is 8.53. The molecule has 2 aromatic carbocycles. The lowest BCUT2D eigenvalue weighted by Crippen LogP contribution is -2.08. The van der Waals surface area contributed by atoms with E-state index in [1.165, 1.54) is 12.3 Å². The number of aromatic nitrogens is 1. The van der Waals surface area contributed by atoms with Crippen molar-refractivity contribution in [1.82, 2.24) is 4.98 Å². The van der Waals surface area contributed by atoms with E-state index in [1.807, 2.05) is 0 Å². The van der Waals surface area contributed by atoms with Gasteiger partial charge in [-0.15, -0.1) is 0 Å². The molecular formula is C20H16BrNO5S. The molecule has 0 bridgehead atoms. The third kappa shape index (κ3) is 5.17. The summed E-state index contributed by atoms with van der Waals surface area (Å²) < 4.78 is 32.0. The van der Waals surface area contributed by atoms with E-state index in [1.54, 1.807) is 54.6 Å². The third-order valence-electron chi connectivity index (χ3n) is 3.81. The molecule has 0 saturated carbocycles. The van der Waals surface area contributed by atoms with Gasteiger partial charge in [-0.25, -0.2) is 13.4 Å². The van der Waals surface area contributed by atoms with Gasteiger partial charge in [0.25, 0.3) is 0 Å². The van der Waals surface area contributed by atoms with Gasteiger partial charge in [0.15, 0.2) is 14.9 Å². The Bertz CT molecular complexity index is 1100. The molecule has 0 fully saturated rings. The normalized spacial score (nSPS) is 11.2. The summed E-state index contributed by atoms with van der Waals surface area (Å²) in [7, 11) is -3.66. The minimum absolute atomic E-state index is 0.00983. The fraction of sp³-hybridized carbons (Fsp3) is 0.100. The van der Waals surface area contributed by atoms with Crippen LogP contribution < -0.4 is 4.74 Å². The second-order valence-electron chi connectivity index (χ2n) is 6.00. The number of halogens is 1. The summed E-state index contributed by atoms with van der Waals surface area (Å²) in [4.78, 5) is 14.8. The number of sulfone groups is 1. The van der Waals surface area contributed by atoms with Crippen molar-refractivity contribution in [1.29, 1.82) is 0 Å². The lowest BCUT2D eigenvalue weighted by Gasteiger charge is -2.13. The lowest BCUT2D eigenvalue weighted by atomic mass is 10.1. The number of hydrogen-bond acceptors (Lipinski definition) is 5. The van der Waals surface area contributed by atoms with Gasteiger partial charge in [-0.2, -0.15) is 0 Å². The summed E-state index contributed by atoms with van der Waals surface area (Å²) in [5.41, 5.74) is 1.05. The van der Waals surface area contributed by atoms with Gasteiger partial charge >= 0.3 is 5.97 Å². The van der Waals surface area contributed by atoms with E-state index in [9.17, 15) is 13.2 Å². The largest absolute Gasteiger partial charge is 0.481 e. The first kappa shape index (κ1) is 20.0. The molecule has 0 spiro atoms. The zero-order valence-corrected chi connectivity index (χ0v) is 17.0. The number of carboxylic acids is 1. The maximum Gasteiger partial charge on any atom is 0.307 e. The maximum absolute atomic E-state index is 12.7. The highest BCUT2D eigenvalue weighted by molar-refractivity contribution is 9.10. The molecule has 3 aromatic rings. The molecule has 0 unspecified atom stereocenters. The van der Waals surface area contributed by atoms with Crippen molar-refractivity contribution in [3.63, 3.8) is 0 Å². The number of carboxylic acid groups (broad SMARTS) is 1. The van der Waals surface area contributed by atoms with Crippen LogP contribution >= 0.6 is 15.9 Å². The zero-order chi connectivity index (χ0) is 20.1. The molecule has 0 atom stereocenters. The van der Waals surface area contributed by atoms with Crippen LogP contribution in [-0.4, -0.2) is 24.5 Å². The van der Waals surface area contributed by atoms with Gasteiger partial charge < -0.3 is 9.84 Å². The minimum atomic E-state index is -3.66. The summed E-state index contributed by atoms with van der Waals surface area (Å²) in [6, 6.07) is 16.5. The number of benzene rings is 2. The second-order valence-corrected chi connectivity index (χ2v) is 8.85. The van der Waals surface area contributed by atoms with Crippen molar-refractivity contribution < 1.29 is 23.1 Å². The Morgan fingerprint density at radius 2 is 1.89 bits per heavy atom. The Balaban J connectivity index is 1.91. The predicted octanol–water partition coefficient (Wildman–Crippen LogP) is 4.24. The Hall–Kier alpha value is -2.71. The van der Waals surface area contributed by atoms with E-state index in [0.717, 1.165) is 0 Å². The van der Waals surface area contributed by atoms with Gasteiger partial charge in [0.2, 0.25) is 0 Å². The number of ether oxygens (including phenoxy) is 1.